The number of ether oxygens (including phenoxy) is 1. The van der Waals surface area contributed by atoms with Gasteiger partial charge in [-0.25, -0.2) is 32.0 Å². The van der Waals surface area contributed by atoms with Crippen molar-refractivity contribution >= 4 is 55.3 Å². The Balaban J connectivity index is 1.21. The van der Waals surface area contributed by atoms with Gasteiger partial charge in [0.05, 0.1) is 22.2 Å². The SMILES string of the molecule is CC(C)(C)OC(=O)N1CCCC1C(=O)N1CCC(c2ncnc3c2c2ccc(S(=O)(=O)NC4(C#N)CC4)cc2n3-c2nnc(C(F)F)s2)CC1. The van der Waals surface area contributed by atoms with Crippen LogP contribution in [0.15, 0.2) is 29.4 Å². The number of nitrogens with zero attached hydrogens (tertiary/aromatic N) is 8. The second-order valence-corrected chi connectivity index (χ2v) is 16.6. The lowest BCUT2D eigenvalue weighted by Gasteiger charge is -2.35. The molecule has 4 aromatic rings. The van der Waals surface area contributed by atoms with Gasteiger partial charge in [-0.15, -0.1) is 10.2 Å². The molecule has 7 rings (SSSR count). The predicted molar refractivity (Wildman–Crippen MR) is 177 cm³/mol. The summed E-state index contributed by atoms with van der Waals surface area (Å²) in [5.41, 5.74) is -0.456. The Morgan fingerprint density at radius 1 is 1.12 bits per heavy atom. The molecule has 1 atom stereocenters. The summed E-state index contributed by atoms with van der Waals surface area (Å²) in [5.74, 6) is -0.232. The van der Waals surface area contributed by atoms with E-state index in [1.54, 1.807) is 31.7 Å². The van der Waals surface area contributed by atoms with Gasteiger partial charge in [0.25, 0.3) is 6.43 Å². The molecule has 50 heavy (non-hydrogen) atoms. The molecule has 1 aliphatic carbocycles. The first kappa shape index (κ1) is 34.1. The number of hydrogen-bond donors (Lipinski definition) is 1. The summed E-state index contributed by atoms with van der Waals surface area (Å²) < 4.78 is 63.5. The average molecular weight is 728 g/mol. The van der Waals surface area contributed by atoms with Crippen LogP contribution in [0.5, 0.6) is 0 Å². The van der Waals surface area contributed by atoms with E-state index in [-0.39, 0.29) is 21.9 Å². The number of halogens is 2. The smallest absolute Gasteiger partial charge is 0.410 e. The first-order valence-corrected chi connectivity index (χ1v) is 18.6. The van der Waals surface area contributed by atoms with Crippen LogP contribution < -0.4 is 4.72 Å². The molecular formula is C32H35F2N9O5S2. The van der Waals surface area contributed by atoms with Crippen LogP contribution in [0.25, 0.3) is 27.1 Å². The Kier molecular flexibility index (Phi) is 8.50. The molecule has 0 spiro atoms. The number of fused-ring (bicyclic) bond motifs is 3. The monoisotopic (exact) mass is 727 g/mol. The highest BCUT2D eigenvalue weighted by Gasteiger charge is 2.47. The highest BCUT2D eigenvalue weighted by molar-refractivity contribution is 7.89. The van der Waals surface area contributed by atoms with Crippen molar-refractivity contribution in [3.63, 3.8) is 0 Å². The Bertz CT molecular complexity index is 2150. The highest BCUT2D eigenvalue weighted by Crippen LogP contribution is 2.41. The molecular weight excluding hydrogens is 693 g/mol. The first-order valence-electron chi connectivity index (χ1n) is 16.3. The number of aromatic nitrogens is 5. The molecule has 1 unspecified atom stereocenters. The molecule has 3 aromatic heterocycles. The van der Waals surface area contributed by atoms with Crippen LogP contribution in [-0.4, -0.2) is 91.8 Å². The summed E-state index contributed by atoms with van der Waals surface area (Å²) in [6.07, 6.45) is 1.22. The van der Waals surface area contributed by atoms with Crippen LogP contribution >= 0.6 is 11.3 Å². The number of benzene rings is 1. The highest BCUT2D eigenvalue weighted by atomic mass is 32.2. The van der Waals surface area contributed by atoms with E-state index in [1.165, 1.54) is 27.9 Å². The van der Waals surface area contributed by atoms with Crippen LogP contribution in [0, 0.1) is 11.3 Å². The molecule has 18 heteroatoms. The molecule has 14 nitrogen and oxygen atoms in total. The molecule has 3 fully saturated rings. The minimum absolute atomic E-state index is 0.0784. The van der Waals surface area contributed by atoms with Gasteiger partial charge in [-0.3, -0.25) is 14.3 Å². The maximum Gasteiger partial charge on any atom is 0.410 e. The summed E-state index contributed by atoms with van der Waals surface area (Å²) in [6.45, 7) is 6.67. The van der Waals surface area contributed by atoms with Gasteiger partial charge in [0.2, 0.25) is 21.1 Å². The lowest BCUT2D eigenvalue weighted by molar-refractivity contribution is -0.137. The van der Waals surface area contributed by atoms with E-state index < -0.39 is 44.7 Å². The Morgan fingerprint density at radius 3 is 2.50 bits per heavy atom. The maximum atomic E-state index is 13.7. The number of nitriles is 1. The fourth-order valence-electron chi connectivity index (χ4n) is 6.74. The molecule has 3 aliphatic rings. The number of carbonyl (C=O) groups is 2. The van der Waals surface area contributed by atoms with E-state index in [2.05, 4.69) is 24.9 Å². The van der Waals surface area contributed by atoms with Crippen molar-refractivity contribution in [1.82, 2.24) is 39.3 Å². The third-order valence-electron chi connectivity index (χ3n) is 9.32. The van der Waals surface area contributed by atoms with Crippen LogP contribution in [0.4, 0.5) is 13.6 Å². The molecule has 2 amide bonds. The summed E-state index contributed by atoms with van der Waals surface area (Å²) >= 11 is 0.668. The zero-order chi connectivity index (χ0) is 35.6. The summed E-state index contributed by atoms with van der Waals surface area (Å²) in [6, 6.07) is 5.91. The van der Waals surface area contributed by atoms with Gasteiger partial charge in [-0.2, -0.15) is 9.98 Å². The van der Waals surface area contributed by atoms with Crippen LogP contribution in [-0.2, 0) is 19.6 Å². The number of piperidine rings is 1. The molecule has 1 saturated carbocycles. The van der Waals surface area contributed by atoms with Crippen molar-refractivity contribution in [2.75, 3.05) is 19.6 Å². The van der Waals surface area contributed by atoms with E-state index in [1.807, 2.05) is 6.07 Å². The van der Waals surface area contributed by atoms with Crippen molar-refractivity contribution in [2.45, 2.75) is 93.7 Å². The molecule has 1 aromatic carbocycles. The Morgan fingerprint density at radius 2 is 1.86 bits per heavy atom. The lowest BCUT2D eigenvalue weighted by Crippen LogP contribution is -2.50. The largest absolute Gasteiger partial charge is 0.444 e. The van der Waals surface area contributed by atoms with E-state index in [0.29, 0.717) is 97.1 Å². The van der Waals surface area contributed by atoms with Gasteiger partial charge in [0, 0.05) is 36.3 Å². The zero-order valence-corrected chi connectivity index (χ0v) is 29.2. The number of carbonyl (C=O) groups excluding carboxylic acids is 2. The quantitative estimate of drug-likeness (QED) is 0.278. The predicted octanol–water partition coefficient (Wildman–Crippen LogP) is 4.80. The molecule has 2 aliphatic heterocycles. The van der Waals surface area contributed by atoms with E-state index in [0.717, 1.165) is 0 Å². The maximum absolute atomic E-state index is 13.7. The Hall–Kier alpha value is -4.34. The first-order chi connectivity index (χ1) is 23.7. The number of hydrogen-bond acceptors (Lipinski definition) is 11. The fraction of sp³-hybridized carbons (Fsp3) is 0.531. The third-order valence-corrected chi connectivity index (χ3v) is 11.8. The molecule has 264 valence electrons. The van der Waals surface area contributed by atoms with Gasteiger partial charge in [-0.05, 0) is 71.4 Å². The van der Waals surface area contributed by atoms with Crippen molar-refractivity contribution in [2.24, 2.45) is 0 Å². The van der Waals surface area contributed by atoms with Crippen LogP contribution in [0.3, 0.4) is 0 Å². The van der Waals surface area contributed by atoms with Crippen molar-refractivity contribution in [1.29, 1.82) is 5.26 Å². The van der Waals surface area contributed by atoms with Gasteiger partial charge in [0.15, 0.2) is 10.7 Å². The molecule has 1 N–H and O–H groups in total. The summed E-state index contributed by atoms with van der Waals surface area (Å²) in [5, 5.41) is 17.9. The van der Waals surface area contributed by atoms with Crippen molar-refractivity contribution < 1.29 is 31.5 Å². The minimum Gasteiger partial charge on any atom is -0.444 e. The number of sulfonamides is 1. The standard InChI is InChI=1S/C32H35F2N9O5S2/c1-31(2,3)48-30(45)42-12-4-5-21(42)28(44)41-13-8-18(9-14-41)24-23-20-7-6-19(50(46,47)40-32(16-35)10-11-32)15-22(20)43(26(23)37-17-36-24)29-39-38-27(49-29)25(33)34/h6-7,15,17-18,21,25,40H,4-5,8-14H2,1-3H3. The zero-order valence-electron chi connectivity index (χ0n) is 27.6. The number of amides is 2. The number of likely N-dealkylation sites (tertiary alicyclic amines) is 2. The van der Waals surface area contributed by atoms with Gasteiger partial charge < -0.3 is 9.64 Å². The summed E-state index contributed by atoms with van der Waals surface area (Å²) in [7, 11) is -4.12. The number of alkyl halides is 2. The molecule has 0 bridgehead atoms. The lowest BCUT2D eigenvalue weighted by atomic mass is 9.90. The molecule has 5 heterocycles. The second kappa shape index (κ2) is 12.5. The summed E-state index contributed by atoms with van der Waals surface area (Å²) in [4.78, 5) is 38.8. The Labute approximate surface area is 290 Å². The average Bonchev–Trinajstić information content (AvgIpc) is 3.42. The second-order valence-electron chi connectivity index (χ2n) is 13.9. The van der Waals surface area contributed by atoms with E-state index >= 15 is 0 Å². The minimum atomic E-state index is -4.12. The van der Waals surface area contributed by atoms with Crippen LogP contribution in [0.1, 0.15) is 82.3 Å². The number of nitrogens with one attached hydrogen (secondary N) is 1. The van der Waals surface area contributed by atoms with E-state index in [9.17, 15) is 32.0 Å². The van der Waals surface area contributed by atoms with Crippen LogP contribution in [0.2, 0.25) is 0 Å². The molecule has 0 radical (unpaired) electrons. The van der Waals surface area contributed by atoms with Gasteiger partial charge in [0.1, 0.15) is 23.5 Å². The fourth-order valence-corrected chi connectivity index (χ4v) is 8.85. The van der Waals surface area contributed by atoms with Gasteiger partial charge >= 0.3 is 6.09 Å². The number of rotatable bonds is 7. The normalized spacial score (nSPS) is 19.7. The molecule has 2 saturated heterocycles. The topological polar surface area (TPSA) is 176 Å². The third kappa shape index (κ3) is 6.26. The van der Waals surface area contributed by atoms with Crippen molar-refractivity contribution in [3.8, 4) is 11.2 Å². The van der Waals surface area contributed by atoms with Gasteiger partial charge in [-0.1, -0.05) is 17.4 Å². The van der Waals surface area contributed by atoms with E-state index in [4.69, 9.17) is 4.74 Å². The van der Waals surface area contributed by atoms with Crippen molar-refractivity contribution in [3.05, 3.63) is 35.2 Å².